The van der Waals surface area contributed by atoms with Crippen LogP contribution in [0.15, 0.2) is 4.99 Å². The van der Waals surface area contributed by atoms with Gasteiger partial charge in [-0.1, -0.05) is 43.4 Å². The Kier molecular flexibility index (Phi) is 4.73. The molecule has 92 valence electrons. The maximum Gasteiger partial charge on any atom is 0.123 e. The molecule has 1 fully saturated rings. The average Bonchev–Trinajstić information content (AvgIpc) is 2.94. The molecule has 4 nitrogen and oxygen atoms in total. The fourth-order valence-corrected chi connectivity index (χ4v) is 2.41. The zero-order valence-corrected chi connectivity index (χ0v) is 12.5. The summed E-state index contributed by atoms with van der Waals surface area (Å²) in [6.07, 6.45) is 1.13. The van der Waals surface area contributed by atoms with Crippen molar-refractivity contribution in [2.45, 2.75) is 31.1 Å². The van der Waals surface area contributed by atoms with Crippen molar-refractivity contribution < 1.29 is 0 Å². The summed E-state index contributed by atoms with van der Waals surface area (Å²) in [6.45, 7) is 6.25. The monoisotopic (exact) mass is 336 g/mol. The fourth-order valence-electron chi connectivity index (χ4n) is 1.54. The fraction of sp³-hybridized carbons (Fsp3) is 0.818. The Morgan fingerprint density at radius 1 is 1.50 bits per heavy atom. The van der Waals surface area contributed by atoms with Gasteiger partial charge in [-0.3, -0.25) is 15.4 Å². The first kappa shape index (κ1) is 13.9. The van der Waals surface area contributed by atoms with E-state index in [9.17, 15) is 0 Å². The van der Waals surface area contributed by atoms with Crippen LogP contribution in [-0.2, 0) is 0 Å². The molecule has 3 N–H and O–H groups in total. The first-order chi connectivity index (χ1) is 7.40. The van der Waals surface area contributed by atoms with E-state index in [0.717, 1.165) is 12.3 Å². The van der Waals surface area contributed by atoms with Gasteiger partial charge in [0.05, 0.1) is 0 Å². The molecule has 0 aliphatic heterocycles. The lowest BCUT2D eigenvalue weighted by Crippen LogP contribution is -2.47. The van der Waals surface area contributed by atoms with Crippen molar-refractivity contribution in [3.63, 3.8) is 0 Å². The third kappa shape index (κ3) is 2.94. The second-order valence-corrected chi connectivity index (χ2v) is 6.33. The van der Waals surface area contributed by atoms with E-state index >= 15 is 0 Å². The van der Waals surface area contributed by atoms with E-state index in [1.165, 1.54) is 5.01 Å². The average molecular weight is 336 g/mol. The minimum absolute atomic E-state index is 0.160. The molecule has 0 aromatic carbocycles. The third-order valence-electron chi connectivity index (χ3n) is 3.21. The van der Waals surface area contributed by atoms with E-state index in [0.29, 0.717) is 21.6 Å². The summed E-state index contributed by atoms with van der Waals surface area (Å²) in [6, 6.07) is 0. The van der Waals surface area contributed by atoms with Gasteiger partial charge in [0.25, 0.3) is 0 Å². The molecule has 5 heteroatoms. The number of halogens is 1. The van der Waals surface area contributed by atoms with Crippen LogP contribution in [-0.4, -0.2) is 27.7 Å². The number of hydrazine groups is 1. The first-order valence-corrected chi connectivity index (χ1v) is 6.88. The lowest BCUT2D eigenvalue weighted by atomic mass is 9.96. The second kappa shape index (κ2) is 5.44. The minimum atomic E-state index is 0.160. The molecule has 3 atom stereocenters. The summed E-state index contributed by atoms with van der Waals surface area (Å²) in [5.41, 5.74) is 0. The number of hydrogen-bond acceptors (Lipinski definition) is 3. The maximum atomic E-state index is 8.07. The number of rotatable bonds is 3. The van der Waals surface area contributed by atoms with Crippen LogP contribution in [0.1, 0.15) is 27.2 Å². The Morgan fingerprint density at radius 3 is 2.31 bits per heavy atom. The van der Waals surface area contributed by atoms with Crippen molar-refractivity contribution in [1.29, 1.82) is 5.41 Å². The van der Waals surface area contributed by atoms with Crippen molar-refractivity contribution >= 4 is 34.3 Å². The van der Waals surface area contributed by atoms with E-state index in [4.69, 9.17) is 11.3 Å². The highest BCUT2D eigenvalue weighted by atomic mass is 127. The van der Waals surface area contributed by atoms with Crippen molar-refractivity contribution in [2.24, 2.45) is 28.6 Å². The van der Waals surface area contributed by atoms with Gasteiger partial charge in [-0.25, -0.2) is 5.84 Å². The van der Waals surface area contributed by atoms with Crippen LogP contribution < -0.4 is 5.84 Å². The first-order valence-electron chi connectivity index (χ1n) is 5.64. The van der Waals surface area contributed by atoms with Crippen molar-refractivity contribution in [3.05, 3.63) is 0 Å². The summed E-state index contributed by atoms with van der Waals surface area (Å²) < 4.78 is 0.629. The van der Waals surface area contributed by atoms with E-state index in [2.05, 4.69) is 41.4 Å². The maximum absolute atomic E-state index is 8.07. The number of nitrogens with one attached hydrogen (secondary N) is 1. The van der Waals surface area contributed by atoms with Crippen molar-refractivity contribution in [1.82, 2.24) is 5.01 Å². The smallest absolute Gasteiger partial charge is 0.123 e. The molecule has 0 aromatic rings. The number of hydrogen-bond donors (Lipinski definition) is 2. The van der Waals surface area contributed by atoms with Crippen LogP contribution in [0.2, 0.25) is 0 Å². The largest absolute Gasteiger partial charge is 0.287 e. The van der Waals surface area contributed by atoms with Crippen LogP contribution >= 0.6 is 22.6 Å². The highest BCUT2D eigenvalue weighted by Crippen LogP contribution is 2.40. The van der Waals surface area contributed by atoms with Crippen LogP contribution in [0.3, 0.4) is 0 Å². The van der Waals surface area contributed by atoms with Crippen molar-refractivity contribution in [3.8, 4) is 0 Å². The molecular formula is C11H21IN4. The molecule has 0 radical (unpaired) electrons. The Labute approximate surface area is 111 Å². The van der Waals surface area contributed by atoms with Gasteiger partial charge in [-0.2, -0.15) is 0 Å². The van der Waals surface area contributed by atoms with Gasteiger partial charge in [-0.05, 0) is 12.3 Å². The van der Waals surface area contributed by atoms with Crippen LogP contribution in [0.5, 0.6) is 0 Å². The van der Waals surface area contributed by atoms with Crippen LogP contribution in [0, 0.1) is 23.2 Å². The van der Waals surface area contributed by atoms with E-state index in [1.54, 1.807) is 7.05 Å². The Hall–Kier alpha value is -0.170. The molecule has 1 aliphatic rings. The molecule has 16 heavy (non-hydrogen) atoms. The quantitative estimate of drug-likeness (QED) is 0.207. The summed E-state index contributed by atoms with van der Waals surface area (Å²) in [4.78, 5) is 4.24. The number of amidine groups is 2. The molecule has 1 aliphatic carbocycles. The zero-order chi connectivity index (χ0) is 12.5. The van der Waals surface area contributed by atoms with Gasteiger partial charge < -0.3 is 0 Å². The van der Waals surface area contributed by atoms with Gasteiger partial charge in [0.15, 0.2) is 0 Å². The van der Waals surface area contributed by atoms with Crippen LogP contribution in [0.25, 0.3) is 0 Å². The zero-order valence-electron chi connectivity index (χ0n) is 10.4. The number of alkyl halides is 1. The van der Waals surface area contributed by atoms with E-state index in [-0.39, 0.29) is 5.92 Å². The highest BCUT2D eigenvalue weighted by Gasteiger charge is 2.41. The van der Waals surface area contributed by atoms with Gasteiger partial charge in [0, 0.05) is 22.8 Å². The summed E-state index contributed by atoms with van der Waals surface area (Å²) >= 11 is 2.41. The number of nitrogens with zero attached hydrogens (tertiary/aromatic N) is 2. The summed E-state index contributed by atoms with van der Waals surface area (Å²) in [5, 5.41) is 9.55. The highest BCUT2D eigenvalue weighted by molar-refractivity contribution is 14.1. The molecule has 0 spiro atoms. The molecule has 1 rings (SSSR count). The summed E-state index contributed by atoms with van der Waals surface area (Å²) in [5.74, 6) is 8.33. The van der Waals surface area contributed by atoms with Gasteiger partial charge in [0.2, 0.25) is 0 Å². The Morgan fingerprint density at radius 2 is 2.00 bits per heavy atom. The standard InChI is InChI=1S/C11H21IN4/c1-6(2)7(3)10(13)16(14)11(15-4)8-5-9(8)12/h6-9,13H,5,14H2,1-4H3/t7-,8-,9?/m1/s1. The third-order valence-corrected chi connectivity index (χ3v) is 4.59. The van der Waals surface area contributed by atoms with Gasteiger partial charge >= 0.3 is 0 Å². The number of aliphatic imine (C=N–C) groups is 1. The minimum Gasteiger partial charge on any atom is -0.287 e. The molecule has 1 unspecified atom stereocenters. The summed E-state index contributed by atoms with van der Waals surface area (Å²) in [7, 11) is 1.75. The predicted molar refractivity (Wildman–Crippen MR) is 77.0 cm³/mol. The lowest BCUT2D eigenvalue weighted by molar-refractivity contribution is 0.471. The molecule has 0 heterocycles. The molecule has 1 saturated carbocycles. The Balaban J connectivity index is 2.69. The lowest BCUT2D eigenvalue weighted by Gasteiger charge is -2.26. The molecular weight excluding hydrogens is 315 g/mol. The topological polar surface area (TPSA) is 65.5 Å². The SMILES string of the molecule is CN=C([C@@H]1CC1I)N(N)C(=N)[C@H](C)C(C)C. The van der Waals surface area contributed by atoms with E-state index in [1.807, 2.05) is 6.92 Å². The normalized spacial score (nSPS) is 26.8. The second-order valence-electron chi connectivity index (χ2n) is 4.73. The van der Waals surface area contributed by atoms with Crippen LogP contribution in [0.4, 0.5) is 0 Å². The predicted octanol–water partition coefficient (Wildman–Crippen LogP) is 2.28. The number of nitrogens with two attached hydrogens (primary N) is 1. The van der Waals surface area contributed by atoms with Crippen molar-refractivity contribution in [2.75, 3.05) is 7.05 Å². The van der Waals surface area contributed by atoms with Gasteiger partial charge in [0.1, 0.15) is 11.7 Å². The molecule has 0 saturated heterocycles. The molecule has 0 bridgehead atoms. The van der Waals surface area contributed by atoms with E-state index < -0.39 is 0 Å². The molecule has 0 aromatic heterocycles. The molecule has 0 amide bonds. The Bertz CT molecular complexity index is 300. The van der Waals surface area contributed by atoms with Gasteiger partial charge in [-0.15, -0.1) is 0 Å².